The minimum absolute atomic E-state index is 0.0310. The molecule has 1 fully saturated rings. The zero-order valence-corrected chi connectivity index (χ0v) is 17.6. The summed E-state index contributed by atoms with van der Waals surface area (Å²) in [5.74, 6) is 0.695. The first-order valence-corrected chi connectivity index (χ1v) is 11.8. The molecule has 29 heavy (non-hydrogen) atoms. The van der Waals surface area contributed by atoms with Gasteiger partial charge in [0.15, 0.2) is 9.84 Å². The van der Waals surface area contributed by atoms with Gasteiger partial charge < -0.3 is 9.94 Å². The Morgan fingerprint density at radius 2 is 1.90 bits per heavy atom. The lowest BCUT2D eigenvalue weighted by Gasteiger charge is -2.25. The maximum atomic E-state index is 12.5. The van der Waals surface area contributed by atoms with Crippen molar-refractivity contribution in [1.29, 1.82) is 0 Å². The molecule has 0 atom stereocenters. The van der Waals surface area contributed by atoms with Crippen molar-refractivity contribution in [2.24, 2.45) is 0 Å². The summed E-state index contributed by atoms with van der Waals surface area (Å²) in [4.78, 5) is 3.26. The van der Waals surface area contributed by atoms with E-state index in [9.17, 15) is 13.6 Å². The Bertz CT molecular complexity index is 1150. The number of hydrogen-bond donors (Lipinski definition) is 1. The van der Waals surface area contributed by atoms with E-state index in [1.807, 2.05) is 6.07 Å². The van der Waals surface area contributed by atoms with Crippen molar-refractivity contribution in [2.45, 2.75) is 57.0 Å². The molecule has 4 rings (SSSR count). The number of hydrogen-bond acceptors (Lipinski definition) is 4. The predicted molar refractivity (Wildman–Crippen MR) is 113 cm³/mol. The summed E-state index contributed by atoms with van der Waals surface area (Å²) in [6.07, 6.45) is 7.37. The minimum atomic E-state index is -3.37. The van der Waals surface area contributed by atoms with Crippen LogP contribution in [0.4, 0.5) is 0 Å². The fourth-order valence-corrected chi connectivity index (χ4v) is 4.94. The molecule has 3 aromatic rings. The van der Waals surface area contributed by atoms with Crippen molar-refractivity contribution in [3.8, 4) is 16.9 Å². The van der Waals surface area contributed by atoms with Crippen LogP contribution in [0.25, 0.3) is 22.2 Å². The van der Waals surface area contributed by atoms with Crippen molar-refractivity contribution in [1.82, 2.24) is 4.98 Å². The minimum Gasteiger partial charge on any atom is -0.710 e. The van der Waals surface area contributed by atoms with Gasteiger partial charge in [-0.3, -0.25) is 0 Å². The third kappa shape index (κ3) is 3.71. The lowest BCUT2D eigenvalue weighted by atomic mass is 9.97. The molecule has 0 spiro atoms. The lowest BCUT2D eigenvalue weighted by molar-refractivity contribution is -0.586. The van der Waals surface area contributed by atoms with Crippen molar-refractivity contribution in [3.05, 3.63) is 47.4 Å². The molecule has 7 heteroatoms. The molecule has 6 nitrogen and oxygen atoms in total. The smallest absolute Gasteiger partial charge is 0.290 e. The van der Waals surface area contributed by atoms with Gasteiger partial charge in [0.1, 0.15) is 11.4 Å². The first-order valence-electron chi connectivity index (χ1n) is 10.1. The van der Waals surface area contributed by atoms with Crippen molar-refractivity contribution >= 4 is 20.9 Å². The number of sulfone groups is 1. The van der Waals surface area contributed by atoms with Crippen molar-refractivity contribution < 1.29 is 17.9 Å². The molecule has 0 bridgehead atoms. The molecule has 0 amide bonds. The standard InChI is InChI=1S/C22H26N2O4S/c1-3-29(26,27)17-9-10-21(28-16-7-5-4-6-8-16)20(14-17)19-13-15(2)24(25)22-18(19)11-12-23-22/h9-14,16,23H,3-8H2,1-2H3. The van der Waals surface area contributed by atoms with Gasteiger partial charge in [-0.15, -0.1) is 0 Å². The number of nitrogens with one attached hydrogen (secondary N) is 1. The number of fused-ring (bicyclic) bond motifs is 1. The molecule has 0 saturated heterocycles. The number of pyridine rings is 1. The highest BCUT2D eigenvalue weighted by atomic mass is 32.2. The van der Waals surface area contributed by atoms with Crippen LogP contribution in [-0.2, 0) is 9.84 Å². The number of aromatic nitrogens is 2. The Labute approximate surface area is 171 Å². The summed E-state index contributed by atoms with van der Waals surface area (Å²) < 4.78 is 32.2. The number of aryl methyl sites for hydroxylation is 1. The second-order valence-electron chi connectivity index (χ2n) is 7.67. The topological polar surface area (TPSA) is 86.1 Å². The lowest BCUT2D eigenvalue weighted by Crippen LogP contribution is -2.31. The van der Waals surface area contributed by atoms with Crippen molar-refractivity contribution in [3.63, 3.8) is 0 Å². The van der Waals surface area contributed by atoms with Gasteiger partial charge in [0.05, 0.1) is 28.3 Å². The van der Waals surface area contributed by atoms with E-state index in [-0.39, 0.29) is 16.8 Å². The van der Waals surface area contributed by atoms with E-state index in [2.05, 4.69) is 4.98 Å². The van der Waals surface area contributed by atoms with Crippen LogP contribution in [0.3, 0.4) is 0 Å². The summed E-state index contributed by atoms with van der Waals surface area (Å²) in [5, 5.41) is 13.1. The van der Waals surface area contributed by atoms with E-state index >= 15 is 0 Å². The summed E-state index contributed by atoms with van der Waals surface area (Å²) >= 11 is 0. The molecule has 2 heterocycles. The van der Waals surface area contributed by atoms with Gasteiger partial charge in [0, 0.05) is 11.1 Å². The van der Waals surface area contributed by atoms with E-state index in [4.69, 9.17) is 4.74 Å². The Kier molecular flexibility index (Phi) is 5.25. The average molecular weight is 415 g/mol. The van der Waals surface area contributed by atoms with Crippen LogP contribution in [-0.4, -0.2) is 25.3 Å². The van der Waals surface area contributed by atoms with Gasteiger partial charge >= 0.3 is 0 Å². The van der Waals surface area contributed by atoms with Crippen LogP contribution in [0.2, 0.25) is 0 Å². The third-order valence-corrected chi connectivity index (χ3v) is 7.45. The number of aromatic amines is 1. The van der Waals surface area contributed by atoms with Crippen LogP contribution < -0.4 is 9.47 Å². The molecule has 0 unspecified atom stereocenters. The molecule has 0 radical (unpaired) electrons. The number of nitrogens with zero attached hydrogens (tertiary/aromatic N) is 1. The molecular weight excluding hydrogens is 388 g/mol. The van der Waals surface area contributed by atoms with Crippen LogP contribution in [0, 0.1) is 12.1 Å². The van der Waals surface area contributed by atoms with Crippen LogP contribution in [0.5, 0.6) is 5.75 Å². The third-order valence-electron chi connectivity index (χ3n) is 5.72. The van der Waals surface area contributed by atoms with Crippen LogP contribution in [0.15, 0.2) is 41.4 Å². The maximum absolute atomic E-state index is 12.5. The molecule has 1 aliphatic carbocycles. The monoisotopic (exact) mass is 414 g/mol. The highest BCUT2D eigenvalue weighted by Gasteiger charge is 2.22. The fraction of sp³-hybridized carbons (Fsp3) is 0.409. The van der Waals surface area contributed by atoms with E-state index in [0.29, 0.717) is 22.7 Å². The van der Waals surface area contributed by atoms with Gasteiger partial charge in [0.25, 0.3) is 5.65 Å². The van der Waals surface area contributed by atoms with Crippen molar-refractivity contribution in [2.75, 3.05) is 5.75 Å². The predicted octanol–water partition coefficient (Wildman–Crippen LogP) is 4.28. The first-order chi connectivity index (χ1) is 13.9. The Morgan fingerprint density at radius 1 is 1.14 bits per heavy atom. The number of ether oxygens (including phenoxy) is 1. The van der Waals surface area contributed by atoms with Gasteiger partial charge in [-0.25, -0.2) is 18.1 Å². The molecule has 1 saturated carbocycles. The normalized spacial score (nSPS) is 15.7. The largest absolute Gasteiger partial charge is 0.710 e. The summed E-state index contributed by atoms with van der Waals surface area (Å²) in [7, 11) is -3.37. The van der Waals surface area contributed by atoms with Gasteiger partial charge in [-0.05, 0) is 62.9 Å². The quantitative estimate of drug-likeness (QED) is 0.499. The zero-order chi connectivity index (χ0) is 20.6. The highest BCUT2D eigenvalue weighted by molar-refractivity contribution is 7.91. The second-order valence-corrected chi connectivity index (χ2v) is 9.95. The Balaban J connectivity index is 1.90. The van der Waals surface area contributed by atoms with E-state index in [0.717, 1.165) is 41.4 Å². The molecule has 1 aromatic carbocycles. The Morgan fingerprint density at radius 3 is 2.62 bits per heavy atom. The molecule has 1 N–H and O–H groups in total. The SMILES string of the molecule is CCS(=O)(=O)c1ccc(OC2CCCCC2)c(-c2cc(C)[n+]([O-])c3[nH]ccc23)c1. The van der Waals surface area contributed by atoms with Gasteiger partial charge in [-0.1, -0.05) is 13.3 Å². The molecular formula is C22H26N2O4S. The highest BCUT2D eigenvalue weighted by Crippen LogP contribution is 2.38. The van der Waals surface area contributed by atoms with Crippen LogP contribution >= 0.6 is 0 Å². The van der Waals surface area contributed by atoms with Gasteiger partial charge in [0.2, 0.25) is 0 Å². The maximum Gasteiger partial charge on any atom is 0.290 e. The molecule has 154 valence electrons. The summed E-state index contributed by atoms with van der Waals surface area (Å²) in [6, 6.07) is 8.71. The summed E-state index contributed by atoms with van der Waals surface area (Å²) in [5.41, 5.74) is 2.48. The van der Waals surface area contributed by atoms with E-state index in [1.165, 1.54) is 6.42 Å². The molecule has 0 aliphatic heterocycles. The van der Waals surface area contributed by atoms with Crippen LogP contribution in [0.1, 0.15) is 44.7 Å². The second kappa shape index (κ2) is 7.71. The average Bonchev–Trinajstić information content (AvgIpc) is 3.22. The fourth-order valence-electron chi connectivity index (χ4n) is 4.04. The number of rotatable bonds is 5. The zero-order valence-electron chi connectivity index (χ0n) is 16.8. The molecule has 2 aromatic heterocycles. The molecule has 1 aliphatic rings. The summed E-state index contributed by atoms with van der Waals surface area (Å²) in [6.45, 7) is 3.38. The van der Waals surface area contributed by atoms with Gasteiger partial charge in [-0.2, -0.15) is 0 Å². The van der Waals surface area contributed by atoms with E-state index in [1.54, 1.807) is 44.3 Å². The number of H-pyrrole nitrogens is 1. The van der Waals surface area contributed by atoms with E-state index < -0.39 is 9.84 Å². The first kappa shape index (κ1) is 19.8. The number of benzene rings is 1. The Hall–Kier alpha value is -2.54.